The van der Waals surface area contributed by atoms with Crippen LogP contribution in [0.3, 0.4) is 0 Å². The Labute approximate surface area is 172 Å². The summed E-state index contributed by atoms with van der Waals surface area (Å²) < 4.78 is 5.85. The zero-order valence-electron chi connectivity index (χ0n) is 17.1. The highest BCUT2D eigenvalue weighted by Crippen LogP contribution is 2.23. The van der Waals surface area contributed by atoms with Crippen LogP contribution in [0.1, 0.15) is 31.7 Å². The number of ether oxygens (including phenoxy) is 1. The van der Waals surface area contributed by atoms with Gasteiger partial charge in [0.15, 0.2) is 0 Å². The number of amides is 3. The van der Waals surface area contributed by atoms with Crippen molar-refractivity contribution in [2.75, 3.05) is 30.3 Å². The summed E-state index contributed by atoms with van der Waals surface area (Å²) in [6.07, 6.45) is 2.26. The summed E-state index contributed by atoms with van der Waals surface area (Å²) in [5.41, 5.74) is 2.37. The molecule has 1 fully saturated rings. The van der Waals surface area contributed by atoms with Crippen LogP contribution < -0.4 is 15.4 Å². The minimum atomic E-state index is -0.102. The smallest absolute Gasteiger partial charge is 0.321 e. The molecule has 0 radical (unpaired) electrons. The van der Waals surface area contributed by atoms with Crippen LogP contribution in [0, 0.1) is 12.8 Å². The van der Waals surface area contributed by atoms with Gasteiger partial charge in [0.05, 0.1) is 6.61 Å². The Bertz CT molecular complexity index is 831. The molecule has 0 aliphatic carbocycles. The van der Waals surface area contributed by atoms with E-state index in [9.17, 15) is 9.59 Å². The fourth-order valence-electron chi connectivity index (χ4n) is 3.31. The molecule has 0 unspecified atom stereocenters. The van der Waals surface area contributed by atoms with Gasteiger partial charge in [-0.15, -0.1) is 0 Å². The van der Waals surface area contributed by atoms with E-state index in [1.54, 1.807) is 13.0 Å². The van der Waals surface area contributed by atoms with E-state index in [1.807, 2.05) is 54.3 Å². The van der Waals surface area contributed by atoms with Gasteiger partial charge in [-0.3, -0.25) is 4.79 Å². The van der Waals surface area contributed by atoms with E-state index in [1.165, 1.54) is 0 Å². The Balaban J connectivity index is 1.49. The molecule has 6 heteroatoms. The number of hydrogen-bond acceptors (Lipinski definition) is 3. The molecule has 3 amide bonds. The van der Waals surface area contributed by atoms with E-state index in [0.717, 1.165) is 29.8 Å². The van der Waals surface area contributed by atoms with E-state index in [-0.39, 0.29) is 11.9 Å². The lowest BCUT2D eigenvalue weighted by Crippen LogP contribution is -2.42. The largest absolute Gasteiger partial charge is 0.493 e. The predicted molar refractivity (Wildman–Crippen MR) is 115 cm³/mol. The molecule has 0 atom stereocenters. The van der Waals surface area contributed by atoms with Crippen molar-refractivity contribution in [3.63, 3.8) is 0 Å². The SMILES string of the molecule is CCC(=O)Nc1ccc(C)c(NC(=O)N2CCC(COc3ccccc3)CC2)c1. The third kappa shape index (κ3) is 5.98. The van der Waals surface area contributed by atoms with Gasteiger partial charge in [0.25, 0.3) is 0 Å². The van der Waals surface area contributed by atoms with Crippen molar-refractivity contribution >= 4 is 23.3 Å². The summed E-state index contributed by atoms with van der Waals surface area (Å²) in [5, 5.41) is 5.82. The van der Waals surface area contributed by atoms with Crippen molar-refractivity contribution in [3.05, 3.63) is 54.1 Å². The summed E-state index contributed by atoms with van der Waals surface area (Å²) in [6, 6.07) is 15.3. The molecule has 3 rings (SSSR count). The molecular weight excluding hydrogens is 366 g/mol. The lowest BCUT2D eigenvalue weighted by Gasteiger charge is -2.32. The second-order valence-electron chi connectivity index (χ2n) is 7.42. The van der Waals surface area contributed by atoms with Gasteiger partial charge in [0, 0.05) is 30.9 Å². The average Bonchev–Trinajstić information content (AvgIpc) is 2.75. The summed E-state index contributed by atoms with van der Waals surface area (Å²) in [6.45, 7) is 5.84. The van der Waals surface area contributed by atoms with Gasteiger partial charge in [-0.1, -0.05) is 31.2 Å². The van der Waals surface area contributed by atoms with Gasteiger partial charge in [0.2, 0.25) is 5.91 Å². The number of rotatable bonds is 6. The van der Waals surface area contributed by atoms with Gasteiger partial charge in [-0.2, -0.15) is 0 Å². The van der Waals surface area contributed by atoms with Gasteiger partial charge in [-0.25, -0.2) is 4.79 Å². The first-order valence-electron chi connectivity index (χ1n) is 10.2. The molecule has 1 aliphatic heterocycles. The predicted octanol–water partition coefficient (Wildman–Crippen LogP) is 4.67. The van der Waals surface area contributed by atoms with E-state index in [0.29, 0.717) is 37.7 Å². The minimum Gasteiger partial charge on any atom is -0.493 e. The number of benzene rings is 2. The van der Waals surface area contributed by atoms with Crippen molar-refractivity contribution in [1.29, 1.82) is 0 Å². The maximum Gasteiger partial charge on any atom is 0.321 e. The molecule has 0 saturated carbocycles. The molecule has 1 heterocycles. The van der Waals surface area contributed by atoms with Gasteiger partial charge in [-0.05, 0) is 55.5 Å². The maximum atomic E-state index is 12.7. The topological polar surface area (TPSA) is 70.7 Å². The van der Waals surface area contributed by atoms with Gasteiger partial charge in [0.1, 0.15) is 5.75 Å². The molecule has 2 N–H and O–H groups in total. The third-order valence-corrected chi connectivity index (χ3v) is 5.21. The molecule has 6 nitrogen and oxygen atoms in total. The van der Waals surface area contributed by atoms with E-state index in [4.69, 9.17) is 4.74 Å². The molecular formula is C23H29N3O3. The molecule has 2 aromatic carbocycles. The Morgan fingerprint density at radius 1 is 1.07 bits per heavy atom. The fourth-order valence-corrected chi connectivity index (χ4v) is 3.31. The third-order valence-electron chi connectivity index (χ3n) is 5.21. The Kier molecular flexibility index (Phi) is 7.11. The molecule has 1 aliphatic rings. The number of likely N-dealkylation sites (tertiary alicyclic amines) is 1. The monoisotopic (exact) mass is 395 g/mol. The highest BCUT2D eigenvalue weighted by Gasteiger charge is 2.23. The standard InChI is InChI=1S/C23H29N3O3/c1-3-22(27)24-19-10-9-17(2)21(15-19)25-23(28)26-13-11-18(12-14-26)16-29-20-7-5-4-6-8-20/h4-10,15,18H,3,11-14,16H2,1-2H3,(H,24,27)(H,25,28). The highest BCUT2D eigenvalue weighted by atomic mass is 16.5. The minimum absolute atomic E-state index is 0.0501. The summed E-state index contributed by atoms with van der Waals surface area (Å²) in [5.74, 6) is 1.29. The zero-order valence-corrected chi connectivity index (χ0v) is 17.1. The van der Waals surface area contributed by atoms with Crippen LogP contribution >= 0.6 is 0 Å². The normalized spacial score (nSPS) is 14.3. The quantitative estimate of drug-likeness (QED) is 0.747. The number of carbonyl (C=O) groups excluding carboxylic acids is 2. The molecule has 0 aromatic heterocycles. The lowest BCUT2D eigenvalue weighted by atomic mass is 9.98. The Morgan fingerprint density at radius 2 is 1.79 bits per heavy atom. The molecule has 0 spiro atoms. The number of urea groups is 1. The molecule has 2 aromatic rings. The van der Waals surface area contributed by atoms with Crippen LogP contribution in [0.15, 0.2) is 48.5 Å². The zero-order chi connectivity index (χ0) is 20.6. The van der Waals surface area contributed by atoms with Crippen LogP contribution in [0.4, 0.5) is 16.2 Å². The number of nitrogens with zero attached hydrogens (tertiary/aromatic N) is 1. The molecule has 154 valence electrons. The Morgan fingerprint density at radius 3 is 2.48 bits per heavy atom. The van der Waals surface area contributed by atoms with Crippen molar-refractivity contribution in [2.24, 2.45) is 5.92 Å². The summed E-state index contributed by atoms with van der Waals surface area (Å²) in [4.78, 5) is 26.1. The number of nitrogens with one attached hydrogen (secondary N) is 2. The average molecular weight is 396 g/mol. The first-order chi connectivity index (χ1) is 14.0. The number of piperidine rings is 1. The number of anilines is 2. The van der Waals surface area contributed by atoms with Crippen LogP contribution in [-0.4, -0.2) is 36.5 Å². The first kappa shape index (κ1) is 20.7. The summed E-state index contributed by atoms with van der Waals surface area (Å²) >= 11 is 0. The maximum absolute atomic E-state index is 12.7. The van der Waals surface area contributed by atoms with Crippen LogP contribution in [0.5, 0.6) is 5.75 Å². The Hall–Kier alpha value is -3.02. The van der Waals surface area contributed by atoms with Crippen molar-refractivity contribution in [2.45, 2.75) is 33.1 Å². The first-order valence-corrected chi connectivity index (χ1v) is 10.2. The fraction of sp³-hybridized carbons (Fsp3) is 0.391. The summed E-state index contributed by atoms with van der Waals surface area (Å²) in [7, 11) is 0. The lowest BCUT2D eigenvalue weighted by molar-refractivity contribution is -0.115. The van der Waals surface area contributed by atoms with E-state index < -0.39 is 0 Å². The van der Waals surface area contributed by atoms with Crippen molar-refractivity contribution in [1.82, 2.24) is 4.90 Å². The highest BCUT2D eigenvalue weighted by molar-refractivity contribution is 5.94. The number of aryl methyl sites for hydroxylation is 1. The van der Waals surface area contributed by atoms with Crippen molar-refractivity contribution < 1.29 is 14.3 Å². The van der Waals surface area contributed by atoms with Crippen LogP contribution in [-0.2, 0) is 4.79 Å². The number of para-hydroxylation sites is 1. The molecule has 29 heavy (non-hydrogen) atoms. The number of hydrogen-bond donors (Lipinski definition) is 2. The van der Waals surface area contributed by atoms with Crippen molar-refractivity contribution in [3.8, 4) is 5.75 Å². The van der Waals surface area contributed by atoms with Gasteiger partial charge >= 0.3 is 6.03 Å². The van der Waals surface area contributed by atoms with E-state index in [2.05, 4.69) is 10.6 Å². The van der Waals surface area contributed by atoms with Gasteiger partial charge < -0.3 is 20.3 Å². The number of carbonyl (C=O) groups is 2. The van der Waals surface area contributed by atoms with Crippen LogP contribution in [0.25, 0.3) is 0 Å². The molecule has 0 bridgehead atoms. The van der Waals surface area contributed by atoms with E-state index >= 15 is 0 Å². The van der Waals surface area contributed by atoms with Crippen LogP contribution in [0.2, 0.25) is 0 Å². The molecule has 1 saturated heterocycles. The second-order valence-corrected chi connectivity index (χ2v) is 7.42. The second kappa shape index (κ2) is 9.96.